The summed E-state index contributed by atoms with van der Waals surface area (Å²) in [5, 5.41) is 14.7. The zero-order valence-electron chi connectivity index (χ0n) is 40.6. The van der Waals surface area contributed by atoms with Gasteiger partial charge in [-0.05, 0) is 121 Å². The number of nitrogens with two attached hydrogens (primary N) is 1. The van der Waals surface area contributed by atoms with Gasteiger partial charge in [-0.15, -0.1) is 0 Å². The molecule has 3 saturated carbocycles. The second-order valence-electron chi connectivity index (χ2n) is 19.4. The van der Waals surface area contributed by atoms with E-state index in [-0.39, 0.29) is 64.7 Å². The first-order valence-corrected chi connectivity index (χ1v) is 25.3. The molecule has 3 heterocycles. The van der Waals surface area contributed by atoms with Crippen LogP contribution < -0.4 is 32.3 Å². The van der Waals surface area contributed by atoms with Gasteiger partial charge in [0, 0.05) is 87.8 Å². The van der Waals surface area contributed by atoms with Gasteiger partial charge >= 0.3 is 0 Å². The molecular formula is C54H55BrN12O6. The SMILES string of the molecule is CC1CC(=O)c2ccc(Br)cc21.CC1CC(=O)c2ccc(Nc3cc(NC(=O)C4CC4)ncn3)cc21.CC1CC(=O)c2ccc(Nc3cc(NC(=O)C4CC4)ncn3)cc21.Nc1cc(NC(=O)C2CC2)ncn1. The van der Waals surface area contributed by atoms with Crippen molar-refractivity contribution < 1.29 is 28.8 Å². The van der Waals surface area contributed by atoms with Gasteiger partial charge in [0.1, 0.15) is 53.9 Å². The zero-order valence-corrected chi connectivity index (χ0v) is 42.2. The van der Waals surface area contributed by atoms with Gasteiger partial charge in [-0.2, -0.15) is 0 Å². The van der Waals surface area contributed by atoms with Crippen LogP contribution in [0.25, 0.3) is 0 Å². The molecule has 12 rings (SSSR count). The predicted molar refractivity (Wildman–Crippen MR) is 280 cm³/mol. The van der Waals surface area contributed by atoms with Crippen molar-refractivity contribution in [1.29, 1.82) is 0 Å². The van der Waals surface area contributed by atoms with Gasteiger partial charge in [-0.1, -0.05) is 42.8 Å². The van der Waals surface area contributed by atoms with Crippen LogP contribution in [0.5, 0.6) is 0 Å². The van der Waals surface area contributed by atoms with Crippen molar-refractivity contribution in [3.8, 4) is 0 Å². The summed E-state index contributed by atoms with van der Waals surface area (Å²) in [5.41, 5.74) is 13.0. The summed E-state index contributed by atoms with van der Waals surface area (Å²) in [7, 11) is 0. The van der Waals surface area contributed by atoms with Crippen LogP contribution >= 0.6 is 15.9 Å². The summed E-state index contributed by atoms with van der Waals surface area (Å²) < 4.78 is 1.06. The van der Waals surface area contributed by atoms with Crippen LogP contribution in [0.15, 0.2) is 96.3 Å². The number of nitrogens with one attached hydrogen (secondary N) is 5. The Balaban J connectivity index is 0.000000125. The van der Waals surface area contributed by atoms with Crippen LogP contribution in [0.1, 0.15) is 144 Å². The van der Waals surface area contributed by atoms with Gasteiger partial charge in [0.25, 0.3) is 0 Å². The first-order valence-electron chi connectivity index (χ1n) is 24.5. The molecule has 3 aromatic heterocycles. The molecule has 3 amide bonds. The largest absolute Gasteiger partial charge is 0.384 e. The lowest BCUT2D eigenvalue weighted by molar-refractivity contribution is -0.118. The molecule has 6 aliphatic carbocycles. The van der Waals surface area contributed by atoms with E-state index in [1.165, 1.54) is 24.5 Å². The molecule has 3 atom stereocenters. The highest BCUT2D eigenvalue weighted by Gasteiger charge is 2.32. The lowest BCUT2D eigenvalue weighted by atomic mass is 10.0. The minimum Gasteiger partial charge on any atom is -0.384 e. The average molecular weight is 1050 g/mol. The number of nitrogen functional groups attached to an aromatic ring is 1. The van der Waals surface area contributed by atoms with Gasteiger partial charge in [-0.3, -0.25) is 28.8 Å². The first-order chi connectivity index (χ1) is 35.1. The van der Waals surface area contributed by atoms with Crippen LogP contribution in [-0.4, -0.2) is 65.0 Å². The number of carbonyl (C=O) groups is 6. The number of aromatic nitrogens is 6. The van der Waals surface area contributed by atoms with Crippen molar-refractivity contribution in [2.45, 2.75) is 96.3 Å². The highest BCUT2D eigenvalue weighted by Crippen LogP contribution is 2.38. The third-order valence-electron chi connectivity index (χ3n) is 13.3. The van der Waals surface area contributed by atoms with Crippen LogP contribution in [-0.2, 0) is 14.4 Å². The van der Waals surface area contributed by atoms with Crippen molar-refractivity contribution in [2.75, 3.05) is 32.3 Å². The number of benzene rings is 3. The van der Waals surface area contributed by atoms with Gasteiger partial charge in [0.2, 0.25) is 17.7 Å². The lowest BCUT2D eigenvalue weighted by Crippen LogP contribution is -2.14. The van der Waals surface area contributed by atoms with Gasteiger partial charge < -0.3 is 32.3 Å². The molecule has 7 N–H and O–H groups in total. The number of nitrogens with zero attached hydrogens (tertiary/aromatic N) is 6. The fraction of sp³-hybridized carbons (Fsp3) is 0.333. The molecule has 3 unspecified atom stereocenters. The molecule has 3 aromatic carbocycles. The minimum atomic E-state index is 0.0181. The Hall–Kier alpha value is -7.80. The molecule has 3 fully saturated rings. The summed E-state index contributed by atoms with van der Waals surface area (Å²) in [5.74, 6) is 5.11. The first kappa shape index (κ1) is 50.2. The maximum absolute atomic E-state index is 11.9. The number of amides is 3. The number of hydrogen-bond acceptors (Lipinski definition) is 15. The molecule has 6 aliphatic rings. The van der Waals surface area contributed by atoms with E-state index >= 15 is 0 Å². The van der Waals surface area contributed by atoms with Crippen LogP contribution in [0.2, 0.25) is 0 Å². The van der Waals surface area contributed by atoms with Crippen molar-refractivity contribution in [1.82, 2.24) is 29.9 Å². The predicted octanol–water partition coefficient (Wildman–Crippen LogP) is 10.1. The molecule has 0 spiro atoms. The summed E-state index contributed by atoms with van der Waals surface area (Å²) >= 11 is 3.40. The highest BCUT2D eigenvalue weighted by atomic mass is 79.9. The fourth-order valence-corrected chi connectivity index (χ4v) is 9.12. The number of ketones is 3. The molecule has 374 valence electrons. The molecular weight excluding hydrogens is 993 g/mol. The summed E-state index contributed by atoms with van der Waals surface area (Å²) in [6, 6.07) is 22.3. The van der Waals surface area contributed by atoms with E-state index in [1.54, 1.807) is 18.2 Å². The maximum atomic E-state index is 11.9. The molecule has 6 aromatic rings. The van der Waals surface area contributed by atoms with Crippen LogP contribution in [0, 0.1) is 17.8 Å². The second-order valence-corrected chi connectivity index (χ2v) is 20.3. The van der Waals surface area contributed by atoms with Crippen molar-refractivity contribution >= 4 is 97.3 Å². The monoisotopic (exact) mass is 1050 g/mol. The second kappa shape index (κ2) is 21.9. The highest BCUT2D eigenvalue weighted by molar-refractivity contribution is 9.10. The molecule has 0 saturated heterocycles. The van der Waals surface area contributed by atoms with E-state index in [0.717, 1.165) is 82.2 Å². The van der Waals surface area contributed by atoms with Crippen molar-refractivity contribution in [2.24, 2.45) is 17.8 Å². The fourth-order valence-electron chi connectivity index (χ4n) is 8.74. The molecule has 19 heteroatoms. The van der Waals surface area contributed by atoms with Crippen molar-refractivity contribution in [3.63, 3.8) is 0 Å². The minimum absolute atomic E-state index is 0.0181. The number of halogens is 1. The molecule has 0 radical (unpaired) electrons. The van der Waals surface area contributed by atoms with E-state index in [9.17, 15) is 28.8 Å². The number of rotatable bonds is 10. The van der Waals surface area contributed by atoms with Gasteiger partial charge in [-0.25, -0.2) is 29.9 Å². The van der Waals surface area contributed by atoms with Crippen LogP contribution in [0.4, 0.5) is 46.3 Å². The Bertz CT molecular complexity index is 3000. The molecule has 0 aliphatic heterocycles. The van der Waals surface area contributed by atoms with E-state index in [4.69, 9.17) is 5.73 Å². The normalized spacial score (nSPS) is 18.7. The van der Waals surface area contributed by atoms with E-state index in [1.807, 2.05) is 54.6 Å². The third kappa shape index (κ3) is 13.0. The number of Topliss-reactive ketones (excluding diaryl/α,β-unsaturated/α-hetero) is 3. The zero-order chi connectivity index (χ0) is 51.3. The number of carbonyl (C=O) groups excluding carboxylic acids is 6. The molecule has 0 bridgehead atoms. The van der Waals surface area contributed by atoms with Gasteiger partial charge in [0.15, 0.2) is 17.3 Å². The van der Waals surface area contributed by atoms with E-state index < -0.39 is 0 Å². The Labute approximate surface area is 430 Å². The standard InChI is InChI=1S/2C18H18N4O2.C10H9BrO.C8H10N4O/c2*1-10-6-15(23)13-5-4-12(7-14(10)13)21-16-8-17(20-9-19-16)22-18(24)11-2-3-11;1-6-4-10(12)8-3-2-7(11)5-9(6)8;9-6-3-7(11-4-10-6)12-8(13)5-1-2-5/h2*4-5,7-11H,2-3,6H2,1H3,(H2,19,20,21,22,24);2-3,5-6H,4H2,1H3;3-5H,1-2H2,(H3,9,10,11,12,13). The number of anilines is 8. The third-order valence-corrected chi connectivity index (χ3v) is 13.7. The Morgan fingerprint density at radius 2 is 0.808 bits per heavy atom. The summed E-state index contributed by atoms with van der Waals surface area (Å²) in [4.78, 5) is 94.2. The number of fused-ring (bicyclic) bond motifs is 3. The van der Waals surface area contributed by atoms with E-state index in [2.05, 4.69) is 93.2 Å². The maximum Gasteiger partial charge on any atom is 0.228 e. The Morgan fingerprint density at radius 1 is 0.466 bits per heavy atom. The Kier molecular flexibility index (Phi) is 15.0. The molecule has 73 heavy (non-hydrogen) atoms. The quantitative estimate of drug-likeness (QED) is 0.0745. The van der Waals surface area contributed by atoms with Gasteiger partial charge in [0.05, 0.1) is 0 Å². The van der Waals surface area contributed by atoms with E-state index in [0.29, 0.717) is 60.1 Å². The lowest BCUT2D eigenvalue weighted by Gasteiger charge is -2.10. The summed E-state index contributed by atoms with van der Waals surface area (Å²) in [6.07, 6.45) is 11.8. The number of hydrogen-bond donors (Lipinski definition) is 6. The molecule has 18 nitrogen and oxygen atoms in total. The topological polar surface area (TPSA) is 266 Å². The van der Waals surface area contributed by atoms with Crippen LogP contribution in [0.3, 0.4) is 0 Å². The average Bonchev–Trinajstić information content (AvgIpc) is 4.24. The van der Waals surface area contributed by atoms with Crippen molar-refractivity contribution in [3.05, 3.63) is 130 Å². The Morgan fingerprint density at radius 3 is 1.19 bits per heavy atom. The smallest absolute Gasteiger partial charge is 0.228 e. The summed E-state index contributed by atoms with van der Waals surface area (Å²) in [6.45, 7) is 6.21.